The lowest BCUT2D eigenvalue weighted by Crippen LogP contribution is -2.37. The molecule has 0 fully saturated rings. The van der Waals surface area contributed by atoms with E-state index in [4.69, 9.17) is 11.6 Å². The molecule has 2 N–H and O–H groups in total. The Morgan fingerprint density at radius 3 is 2.50 bits per heavy atom. The molecule has 2 aromatic carbocycles. The molecule has 0 aliphatic rings. The number of carbonyl (C=O) groups excluding carboxylic acids is 1. The van der Waals surface area contributed by atoms with E-state index in [1.165, 1.54) is 0 Å². The molecule has 0 saturated heterocycles. The monoisotopic (exact) mass is 370 g/mol. The first-order valence-electron chi connectivity index (χ1n) is 7.13. The van der Waals surface area contributed by atoms with E-state index in [0.29, 0.717) is 18.0 Å². The fraction of sp³-hybridized carbons (Fsp3) is 0.188. The summed E-state index contributed by atoms with van der Waals surface area (Å²) in [6.07, 6.45) is 0.580. The minimum Gasteiger partial charge on any atom is -0.355 e. The number of halogens is 2. The molecule has 0 unspecified atom stereocenters. The van der Waals surface area contributed by atoms with Gasteiger partial charge in [-0.3, -0.25) is 4.79 Å². The van der Waals surface area contributed by atoms with Gasteiger partial charge in [0.2, 0.25) is 15.9 Å². The molecular weight excluding hydrogens is 355 g/mol. The SMILES string of the molecule is O=C(CNS(=O)(=O)c1ccc(F)cc1)NCCc1cccc(Cl)c1. The highest BCUT2D eigenvalue weighted by molar-refractivity contribution is 7.89. The second-order valence-electron chi connectivity index (χ2n) is 5.01. The average Bonchev–Trinajstić information content (AvgIpc) is 2.54. The Labute approximate surface area is 144 Å². The number of benzene rings is 2. The summed E-state index contributed by atoms with van der Waals surface area (Å²) < 4.78 is 38.9. The quantitative estimate of drug-likeness (QED) is 0.783. The molecule has 0 aliphatic carbocycles. The van der Waals surface area contributed by atoms with Crippen LogP contribution in [0.3, 0.4) is 0 Å². The lowest BCUT2D eigenvalue weighted by atomic mass is 10.1. The van der Waals surface area contributed by atoms with Crippen LogP contribution < -0.4 is 10.0 Å². The van der Waals surface area contributed by atoms with Crippen LogP contribution in [0.5, 0.6) is 0 Å². The smallest absolute Gasteiger partial charge is 0.241 e. The number of nitrogens with one attached hydrogen (secondary N) is 2. The summed E-state index contributed by atoms with van der Waals surface area (Å²) >= 11 is 5.87. The molecule has 2 rings (SSSR count). The molecule has 24 heavy (non-hydrogen) atoms. The van der Waals surface area contributed by atoms with Gasteiger partial charge in [-0.05, 0) is 48.4 Å². The van der Waals surface area contributed by atoms with Crippen molar-refractivity contribution in [1.82, 2.24) is 10.0 Å². The van der Waals surface area contributed by atoms with Crippen LogP contribution in [0, 0.1) is 5.82 Å². The highest BCUT2D eigenvalue weighted by Gasteiger charge is 2.15. The minimum atomic E-state index is -3.85. The third kappa shape index (κ3) is 5.59. The predicted molar refractivity (Wildman–Crippen MR) is 89.8 cm³/mol. The number of hydrogen-bond donors (Lipinski definition) is 2. The molecule has 128 valence electrons. The van der Waals surface area contributed by atoms with Gasteiger partial charge in [0.1, 0.15) is 5.82 Å². The van der Waals surface area contributed by atoms with E-state index in [2.05, 4.69) is 10.0 Å². The molecule has 8 heteroatoms. The van der Waals surface area contributed by atoms with E-state index >= 15 is 0 Å². The molecule has 0 spiro atoms. The van der Waals surface area contributed by atoms with Crippen molar-refractivity contribution in [3.63, 3.8) is 0 Å². The summed E-state index contributed by atoms with van der Waals surface area (Å²) in [6, 6.07) is 11.6. The van der Waals surface area contributed by atoms with Crippen LogP contribution in [-0.2, 0) is 21.2 Å². The van der Waals surface area contributed by atoms with Crippen LogP contribution in [-0.4, -0.2) is 27.4 Å². The molecule has 0 saturated carbocycles. The van der Waals surface area contributed by atoms with E-state index in [0.717, 1.165) is 29.8 Å². The average molecular weight is 371 g/mol. The maximum absolute atomic E-state index is 12.8. The summed E-state index contributed by atoms with van der Waals surface area (Å²) in [7, 11) is -3.85. The van der Waals surface area contributed by atoms with Crippen molar-refractivity contribution < 1.29 is 17.6 Å². The van der Waals surface area contributed by atoms with Crippen molar-refractivity contribution in [3.8, 4) is 0 Å². The van der Waals surface area contributed by atoms with Crippen LogP contribution in [0.25, 0.3) is 0 Å². The molecule has 1 amide bonds. The van der Waals surface area contributed by atoms with Crippen molar-refractivity contribution in [2.75, 3.05) is 13.1 Å². The van der Waals surface area contributed by atoms with Crippen molar-refractivity contribution in [1.29, 1.82) is 0 Å². The molecule has 0 heterocycles. The number of carbonyl (C=O) groups is 1. The predicted octanol–water partition coefficient (Wildman–Crippen LogP) is 2.12. The van der Waals surface area contributed by atoms with Crippen molar-refractivity contribution in [2.45, 2.75) is 11.3 Å². The Hall–Kier alpha value is -1.96. The summed E-state index contributed by atoms with van der Waals surface area (Å²) in [4.78, 5) is 11.6. The highest BCUT2D eigenvalue weighted by atomic mass is 35.5. The maximum atomic E-state index is 12.8. The topological polar surface area (TPSA) is 75.3 Å². The first kappa shape index (κ1) is 18.4. The van der Waals surface area contributed by atoms with Gasteiger partial charge in [-0.25, -0.2) is 17.5 Å². The van der Waals surface area contributed by atoms with Gasteiger partial charge in [-0.1, -0.05) is 23.7 Å². The first-order chi connectivity index (χ1) is 11.4. The Morgan fingerprint density at radius 2 is 1.83 bits per heavy atom. The molecule has 0 radical (unpaired) electrons. The third-order valence-corrected chi connectivity index (χ3v) is 4.82. The molecular formula is C16H16ClFN2O3S. The maximum Gasteiger partial charge on any atom is 0.241 e. The van der Waals surface area contributed by atoms with E-state index in [1.54, 1.807) is 12.1 Å². The number of hydrogen-bond acceptors (Lipinski definition) is 3. The van der Waals surface area contributed by atoms with Gasteiger partial charge >= 0.3 is 0 Å². The number of amides is 1. The van der Waals surface area contributed by atoms with Gasteiger partial charge in [0.05, 0.1) is 11.4 Å². The van der Waals surface area contributed by atoms with Gasteiger partial charge in [-0.2, -0.15) is 0 Å². The second-order valence-corrected chi connectivity index (χ2v) is 7.21. The van der Waals surface area contributed by atoms with Gasteiger partial charge in [0.25, 0.3) is 0 Å². The van der Waals surface area contributed by atoms with Crippen LogP contribution in [0.2, 0.25) is 5.02 Å². The van der Waals surface area contributed by atoms with Gasteiger partial charge in [0, 0.05) is 11.6 Å². The summed E-state index contributed by atoms with van der Waals surface area (Å²) in [6.45, 7) is -0.0350. The largest absolute Gasteiger partial charge is 0.355 e. The zero-order valence-corrected chi connectivity index (χ0v) is 14.2. The third-order valence-electron chi connectivity index (χ3n) is 3.17. The van der Waals surface area contributed by atoms with E-state index < -0.39 is 28.3 Å². The molecule has 0 atom stereocenters. The van der Waals surface area contributed by atoms with Crippen LogP contribution in [0.1, 0.15) is 5.56 Å². The summed E-state index contributed by atoms with van der Waals surface area (Å²) in [5, 5.41) is 3.23. The Kier molecular flexibility index (Phi) is 6.30. The van der Waals surface area contributed by atoms with E-state index in [1.807, 2.05) is 12.1 Å². The Bertz CT molecular complexity index is 810. The van der Waals surface area contributed by atoms with E-state index in [9.17, 15) is 17.6 Å². The Balaban J connectivity index is 1.79. The fourth-order valence-electron chi connectivity index (χ4n) is 1.96. The standard InChI is InChI=1S/C16H16ClFN2O3S/c17-13-3-1-2-12(10-13)8-9-19-16(21)11-20-24(22,23)15-6-4-14(18)5-7-15/h1-7,10,20H,8-9,11H2,(H,19,21). The van der Waals surface area contributed by atoms with E-state index in [-0.39, 0.29) is 4.90 Å². The molecule has 0 aliphatic heterocycles. The second kappa shape index (κ2) is 8.23. The van der Waals surface area contributed by atoms with Gasteiger partial charge < -0.3 is 5.32 Å². The fourth-order valence-corrected chi connectivity index (χ4v) is 3.15. The lowest BCUT2D eigenvalue weighted by molar-refractivity contribution is -0.119. The lowest BCUT2D eigenvalue weighted by Gasteiger charge is -2.08. The molecule has 5 nitrogen and oxygen atoms in total. The van der Waals surface area contributed by atoms with Gasteiger partial charge in [0.15, 0.2) is 0 Å². The first-order valence-corrected chi connectivity index (χ1v) is 8.99. The Morgan fingerprint density at radius 1 is 1.12 bits per heavy atom. The molecule has 0 aromatic heterocycles. The van der Waals surface area contributed by atoms with Crippen LogP contribution >= 0.6 is 11.6 Å². The summed E-state index contributed by atoms with van der Waals surface area (Å²) in [5.74, 6) is -0.990. The normalized spacial score (nSPS) is 11.2. The van der Waals surface area contributed by atoms with Crippen LogP contribution in [0.15, 0.2) is 53.4 Å². The zero-order chi connectivity index (χ0) is 17.6. The minimum absolute atomic E-state index is 0.101. The highest BCUT2D eigenvalue weighted by Crippen LogP contribution is 2.11. The van der Waals surface area contributed by atoms with Crippen molar-refractivity contribution in [3.05, 3.63) is 64.9 Å². The van der Waals surface area contributed by atoms with Crippen molar-refractivity contribution >= 4 is 27.5 Å². The van der Waals surface area contributed by atoms with Gasteiger partial charge in [-0.15, -0.1) is 0 Å². The summed E-state index contributed by atoms with van der Waals surface area (Å²) in [5.41, 5.74) is 0.967. The zero-order valence-electron chi connectivity index (χ0n) is 12.6. The van der Waals surface area contributed by atoms with Crippen molar-refractivity contribution in [2.24, 2.45) is 0 Å². The molecule has 2 aromatic rings. The number of sulfonamides is 1. The number of rotatable bonds is 7. The van der Waals surface area contributed by atoms with Crippen LogP contribution in [0.4, 0.5) is 4.39 Å². The molecule has 0 bridgehead atoms.